The van der Waals surface area contributed by atoms with Crippen LogP contribution in [0.1, 0.15) is 18.4 Å². The highest BCUT2D eigenvalue weighted by Gasteiger charge is 2.27. The van der Waals surface area contributed by atoms with Crippen LogP contribution in [0.4, 0.5) is 4.79 Å². The molecule has 0 spiro atoms. The fourth-order valence-corrected chi connectivity index (χ4v) is 2.66. The minimum atomic E-state index is -0.458. The molecule has 1 heterocycles. The fourth-order valence-electron chi connectivity index (χ4n) is 2.66. The lowest BCUT2D eigenvalue weighted by Crippen LogP contribution is -2.47. The van der Waals surface area contributed by atoms with Crippen molar-refractivity contribution < 1.29 is 19.1 Å². The largest absolute Gasteiger partial charge is 0.496 e. The maximum Gasteiger partial charge on any atom is 0.318 e. The summed E-state index contributed by atoms with van der Waals surface area (Å²) in [6, 6.07) is 6.88. The van der Waals surface area contributed by atoms with E-state index in [1.807, 2.05) is 24.3 Å². The molecule has 1 aliphatic rings. The number of hydrogen-bond acceptors (Lipinski definition) is 4. The average Bonchev–Trinajstić information content (AvgIpc) is 2.99. The second kappa shape index (κ2) is 9.12. The summed E-state index contributed by atoms with van der Waals surface area (Å²) in [6.45, 7) is 2.11. The molecule has 1 fully saturated rings. The molecule has 3 amide bonds. The number of nitrogens with zero attached hydrogens (tertiary/aromatic N) is 1. The number of ether oxygens (including phenoxy) is 2. The average molecular weight is 335 g/mol. The first-order valence-electron chi connectivity index (χ1n) is 8.09. The van der Waals surface area contributed by atoms with Gasteiger partial charge in [0.15, 0.2) is 0 Å². The van der Waals surface area contributed by atoms with Crippen molar-refractivity contribution in [1.82, 2.24) is 15.5 Å². The molecule has 2 N–H and O–H groups in total. The summed E-state index contributed by atoms with van der Waals surface area (Å²) < 4.78 is 10.4. The van der Waals surface area contributed by atoms with Crippen LogP contribution in [-0.4, -0.2) is 56.8 Å². The fraction of sp³-hybridized carbons (Fsp3) is 0.529. The summed E-state index contributed by atoms with van der Waals surface area (Å²) in [5.74, 6) is 0.609. The summed E-state index contributed by atoms with van der Waals surface area (Å²) in [6.07, 6.45) is 1.33. The van der Waals surface area contributed by atoms with E-state index in [0.717, 1.165) is 17.7 Å². The number of rotatable bonds is 8. The number of amides is 3. The standard InChI is InChI=1S/C17H25N3O4/c1-23-11-5-10-20(12-13-6-3-4-7-15(13)24-2)17(22)19-14-8-9-18-16(14)21/h3-4,6-7,14H,5,8-12H2,1-2H3,(H,18,21)(H,19,22). The summed E-state index contributed by atoms with van der Waals surface area (Å²) in [5.41, 5.74) is 0.920. The third-order valence-electron chi connectivity index (χ3n) is 3.96. The minimum Gasteiger partial charge on any atom is -0.496 e. The molecule has 2 rings (SSSR count). The first-order chi connectivity index (χ1) is 11.7. The number of nitrogens with one attached hydrogen (secondary N) is 2. The number of para-hydroxylation sites is 1. The van der Waals surface area contributed by atoms with Gasteiger partial charge in [-0.1, -0.05) is 18.2 Å². The molecule has 1 aliphatic heterocycles. The summed E-state index contributed by atoms with van der Waals surface area (Å²) in [7, 11) is 3.24. The van der Waals surface area contributed by atoms with E-state index in [-0.39, 0.29) is 11.9 Å². The molecule has 1 aromatic carbocycles. The molecule has 0 aliphatic carbocycles. The molecule has 1 saturated heterocycles. The predicted octanol–water partition coefficient (Wildman–Crippen LogP) is 1.13. The molecule has 24 heavy (non-hydrogen) atoms. The van der Waals surface area contributed by atoms with Gasteiger partial charge in [-0.05, 0) is 18.9 Å². The minimum absolute atomic E-state index is 0.127. The van der Waals surface area contributed by atoms with Crippen LogP contribution < -0.4 is 15.4 Å². The monoisotopic (exact) mass is 335 g/mol. The number of hydrogen-bond donors (Lipinski definition) is 2. The van der Waals surface area contributed by atoms with E-state index in [2.05, 4.69) is 10.6 Å². The van der Waals surface area contributed by atoms with Crippen molar-refractivity contribution in [3.05, 3.63) is 29.8 Å². The second-order valence-electron chi connectivity index (χ2n) is 5.66. The summed E-state index contributed by atoms with van der Waals surface area (Å²) >= 11 is 0. The van der Waals surface area contributed by atoms with E-state index in [9.17, 15) is 9.59 Å². The third-order valence-corrected chi connectivity index (χ3v) is 3.96. The molecular formula is C17H25N3O4. The van der Waals surface area contributed by atoms with Crippen LogP contribution in [0, 0.1) is 0 Å². The Morgan fingerprint density at radius 3 is 2.83 bits per heavy atom. The highest BCUT2D eigenvalue weighted by molar-refractivity contribution is 5.88. The molecule has 7 heteroatoms. The van der Waals surface area contributed by atoms with Gasteiger partial charge in [0.25, 0.3) is 0 Å². The van der Waals surface area contributed by atoms with Gasteiger partial charge >= 0.3 is 6.03 Å². The zero-order valence-corrected chi connectivity index (χ0v) is 14.2. The quantitative estimate of drug-likeness (QED) is 0.698. The molecule has 132 valence electrons. The van der Waals surface area contributed by atoms with Gasteiger partial charge in [-0.2, -0.15) is 0 Å². The molecular weight excluding hydrogens is 310 g/mol. The molecule has 0 aromatic heterocycles. The van der Waals surface area contributed by atoms with Gasteiger partial charge < -0.3 is 25.0 Å². The predicted molar refractivity (Wildman–Crippen MR) is 89.8 cm³/mol. The highest BCUT2D eigenvalue weighted by atomic mass is 16.5. The van der Waals surface area contributed by atoms with Crippen LogP contribution in [0.25, 0.3) is 0 Å². The Hall–Kier alpha value is -2.28. The van der Waals surface area contributed by atoms with Crippen molar-refractivity contribution in [3.8, 4) is 5.75 Å². The Morgan fingerprint density at radius 1 is 1.38 bits per heavy atom. The van der Waals surface area contributed by atoms with Crippen molar-refractivity contribution in [2.45, 2.75) is 25.4 Å². The van der Waals surface area contributed by atoms with Crippen LogP contribution in [0.15, 0.2) is 24.3 Å². The molecule has 1 atom stereocenters. The zero-order valence-electron chi connectivity index (χ0n) is 14.2. The molecule has 0 radical (unpaired) electrons. The molecule has 0 bridgehead atoms. The summed E-state index contributed by atoms with van der Waals surface area (Å²) in [5, 5.41) is 5.53. The van der Waals surface area contributed by atoms with Crippen LogP contribution in [0.5, 0.6) is 5.75 Å². The van der Waals surface area contributed by atoms with Crippen molar-refractivity contribution in [1.29, 1.82) is 0 Å². The van der Waals surface area contributed by atoms with Crippen molar-refractivity contribution in [2.24, 2.45) is 0 Å². The van der Waals surface area contributed by atoms with Crippen LogP contribution >= 0.6 is 0 Å². The van der Waals surface area contributed by atoms with E-state index in [1.54, 1.807) is 19.1 Å². The highest BCUT2D eigenvalue weighted by Crippen LogP contribution is 2.19. The van der Waals surface area contributed by atoms with Gasteiger partial charge in [-0.3, -0.25) is 4.79 Å². The zero-order chi connectivity index (χ0) is 17.4. The Kier molecular flexibility index (Phi) is 6.87. The van der Waals surface area contributed by atoms with E-state index >= 15 is 0 Å². The van der Waals surface area contributed by atoms with E-state index < -0.39 is 6.04 Å². The molecule has 7 nitrogen and oxygen atoms in total. The lowest BCUT2D eigenvalue weighted by Gasteiger charge is -2.25. The number of carbonyl (C=O) groups is 2. The Morgan fingerprint density at radius 2 is 2.17 bits per heavy atom. The number of carbonyl (C=O) groups excluding carboxylic acids is 2. The van der Waals surface area contributed by atoms with Crippen LogP contribution in [-0.2, 0) is 16.1 Å². The third kappa shape index (κ3) is 4.86. The maximum absolute atomic E-state index is 12.6. The lowest BCUT2D eigenvalue weighted by atomic mass is 10.2. The Labute approximate surface area is 142 Å². The number of urea groups is 1. The first-order valence-corrected chi connectivity index (χ1v) is 8.09. The Bertz CT molecular complexity index is 565. The van der Waals surface area contributed by atoms with E-state index in [1.165, 1.54) is 0 Å². The molecule has 1 aromatic rings. The van der Waals surface area contributed by atoms with Crippen LogP contribution in [0.2, 0.25) is 0 Å². The van der Waals surface area contributed by atoms with Gasteiger partial charge in [-0.15, -0.1) is 0 Å². The topological polar surface area (TPSA) is 79.9 Å². The number of methoxy groups -OCH3 is 2. The number of benzene rings is 1. The van der Waals surface area contributed by atoms with Gasteiger partial charge in [0.1, 0.15) is 11.8 Å². The summed E-state index contributed by atoms with van der Waals surface area (Å²) in [4.78, 5) is 25.9. The van der Waals surface area contributed by atoms with Gasteiger partial charge in [0.05, 0.1) is 13.7 Å². The first kappa shape index (κ1) is 18.1. The molecule has 1 unspecified atom stereocenters. The van der Waals surface area contributed by atoms with Crippen molar-refractivity contribution in [3.63, 3.8) is 0 Å². The van der Waals surface area contributed by atoms with Gasteiger partial charge in [0.2, 0.25) is 5.91 Å². The normalized spacial score (nSPS) is 16.6. The van der Waals surface area contributed by atoms with Gasteiger partial charge in [-0.25, -0.2) is 4.79 Å². The van der Waals surface area contributed by atoms with Crippen LogP contribution in [0.3, 0.4) is 0 Å². The second-order valence-corrected chi connectivity index (χ2v) is 5.66. The van der Waals surface area contributed by atoms with Crippen molar-refractivity contribution >= 4 is 11.9 Å². The Balaban J connectivity index is 2.05. The lowest BCUT2D eigenvalue weighted by molar-refractivity contribution is -0.120. The maximum atomic E-state index is 12.6. The SMILES string of the molecule is COCCCN(Cc1ccccc1OC)C(=O)NC1CCNC1=O. The smallest absolute Gasteiger partial charge is 0.318 e. The van der Waals surface area contributed by atoms with E-state index in [0.29, 0.717) is 32.7 Å². The van der Waals surface area contributed by atoms with Crippen molar-refractivity contribution in [2.75, 3.05) is 33.9 Å². The van der Waals surface area contributed by atoms with E-state index in [4.69, 9.17) is 9.47 Å². The van der Waals surface area contributed by atoms with Gasteiger partial charge in [0, 0.05) is 32.4 Å². The molecule has 0 saturated carbocycles.